The minimum absolute atomic E-state index is 0.0127. The quantitative estimate of drug-likeness (QED) is 0.558. The Labute approximate surface area is 70.8 Å². The molecule has 1 unspecified atom stereocenters. The van der Waals surface area contributed by atoms with E-state index >= 15 is 0 Å². The van der Waals surface area contributed by atoms with Crippen molar-refractivity contribution in [1.82, 2.24) is 4.90 Å². The summed E-state index contributed by atoms with van der Waals surface area (Å²) < 4.78 is 0. The van der Waals surface area contributed by atoms with Crippen LogP contribution < -0.4 is 0 Å². The second kappa shape index (κ2) is 3.35. The summed E-state index contributed by atoms with van der Waals surface area (Å²) in [5.74, 6) is -0.0737. The van der Waals surface area contributed by atoms with Crippen LogP contribution in [0.4, 0.5) is 0 Å². The minimum atomic E-state index is -0.232. The average Bonchev–Trinajstić information content (AvgIpc) is 2.78. The topological polar surface area (TPSA) is 60.9 Å². The Morgan fingerprint density at radius 3 is 2.67 bits per heavy atom. The van der Waals surface area contributed by atoms with Crippen molar-refractivity contribution in [3.63, 3.8) is 0 Å². The maximum atomic E-state index is 11.1. The van der Waals surface area contributed by atoms with Crippen LogP contribution in [0.2, 0.25) is 0 Å². The van der Waals surface area contributed by atoms with E-state index in [0.29, 0.717) is 6.54 Å². The predicted octanol–water partition coefficient (Wildman–Crippen LogP) is 0.0900. The van der Waals surface area contributed by atoms with Gasteiger partial charge >= 0.3 is 0 Å². The van der Waals surface area contributed by atoms with E-state index in [9.17, 15) is 9.59 Å². The van der Waals surface area contributed by atoms with E-state index < -0.39 is 0 Å². The molecular weight excluding hydrogens is 156 g/mol. The van der Waals surface area contributed by atoms with E-state index in [1.165, 1.54) is 11.8 Å². The molecule has 64 valence electrons. The van der Waals surface area contributed by atoms with Crippen LogP contribution in [0.5, 0.6) is 0 Å². The molecule has 1 aliphatic heterocycles. The summed E-state index contributed by atoms with van der Waals surface area (Å²) in [5.41, 5.74) is 0. The van der Waals surface area contributed by atoms with Crippen molar-refractivity contribution in [3.8, 4) is 6.07 Å². The first kappa shape index (κ1) is 8.72. The Balaban J connectivity index is 2.23. The summed E-state index contributed by atoms with van der Waals surface area (Å²) >= 11 is 0. The van der Waals surface area contributed by atoms with Gasteiger partial charge in [-0.15, -0.1) is 0 Å². The van der Waals surface area contributed by atoms with Crippen molar-refractivity contribution in [2.45, 2.75) is 25.8 Å². The number of hydrogen-bond donors (Lipinski definition) is 0. The predicted molar refractivity (Wildman–Crippen MR) is 41.0 cm³/mol. The molecule has 0 aromatic rings. The maximum Gasteiger partial charge on any atom is 0.224 e. The number of rotatable bonds is 3. The average molecular weight is 166 g/mol. The number of ketones is 1. The van der Waals surface area contributed by atoms with Crippen LogP contribution in [-0.4, -0.2) is 29.2 Å². The van der Waals surface area contributed by atoms with E-state index in [1.807, 2.05) is 6.07 Å². The molecule has 0 aliphatic carbocycles. The molecule has 1 fully saturated rings. The SMILES string of the molecule is CC(=O)CCC(=O)N1CC1C#N. The number of Topliss-reactive ketones (excluding diaryl/α,β-unsaturated/α-hetero) is 1. The molecule has 0 aromatic carbocycles. The number of carbonyl (C=O) groups excluding carboxylic acids is 2. The van der Waals surface area contributed by atoms with Gasteiger partial charge in [-0.1, -0.05) is 0 Å². The molecule has 4 heteroatoms. The molecule has 0 saturated carbocycles. The highest BCUT2D eigenvalue weighted by Crippen LogP contribution is 2.17. The van der Waals surface area contributed by atoms with Crippen molar-refractivity contribution in [2.75, 3.05) is 6.54 Å². The van der Waals surface area contributed by atoms with E-state index in [1.54, 1.807) is 0 Å². The third-order valence-electron chi connectivity index (χ3n) is 1.77. The van der Waals surface area contributed by atoms with Gasteiger partial charge in [-0.3, -0.25) is 4.79 Å². The lowest BCUT2D eigenvalue weighted by atomic mass is 10.2. The van der Waals surface area contributed by atoms with Crippen molar-refractivity contribution in [1.29, 1.82) is 5.26 Å². The summed E-state index contributed by atoms with van der Waals surface area (Å²) in [7, 11) is 0. The van der Waals surface area contributed by atoms with Gasteiger partial charge in [-0.25, -0.2) is 0 Å². The van der Waals surface area contributed by atoms with Gasteiger partial charge < -0.3 is 9.69 Å². The van der Waals surface area contributed by atoms with E-state index in [4.69, 9.17) is 5.26 Å². The summed E-state index contributed by atoms with van der Waals surface area (Å²) in [4.78, 5) is 23.1. The van der Waals surface area contributed by atoms with Crippen LogP contribution in [0.3, 0.4) is 0 Å². The Morgan fingerprint density at radius 1 is 1.58 bits per heavy atom. The lowest BCUT2D eigenvalue weighted by molar-refractivity contribution is -0.128. The standard InChI is InChI=1S/C8H10N2O2/c1-6(11)2-3-8(12)10-5-7(10)4-9/h7H,2-3,5H2,1H3. The fraction of sp³-hybridized carbons (Fsp3) is 0.625. The van der Waals surface area contributed by atoms with Crippen LogP contribution >= 0.6 is 0 Å². The highest BCUT2D eigenvalue weighted by Gasteiger charge is 2.37. The molecule has 0 spiro atoms. The normalized spacial score (nSPS) is 20.0. The molecule has 1 heterocycles. The second-order valence-corrected chi connectivity index (χ2v) is 2.89. The molecule has 1 rings (SSSR count). The monoisotopic (exact) mass is 166 g/mol. The lowest BCUT2D eigenvalue weighted by Crippen LogP contribution is -2.13. The van der Waals surface area contributed by atoms with Crippen LogP contribution in [0.15, 0.2) is 0 Å². The van der Waals surface area contributed by atoms with Gasteiger partial charge in [0.1, 0.15) is 11.8 Å². The molecule has 12 heavy (non-hydrogen) atoms. The van der Waals surface area contributed by atoms with Crippen LogP contribution in [0.1, 0.15) is 19.8 Å². The Bertz CT molecular complexity index is 254. The van der Waals surface area contributed by atoms with Crippen LogP contribution in [0.25, 0.3) is 0 Å². The van der Waals surface area contributed by atoms with Gasteiger partial charge in [0.25, 0.3) is 0 Å². The third kappa shape index (κ3) is 2.06. The molecule has 1 atom stereocenters. The third-order valence-corrected chi connectivity index (χ3v) is 1.77. The highest BCUT2D eigenvalue weighted by molar-refractivity contribution is 5.85. The molecule has 1 saturated heterocycles. The van der Waals surface area contributed by atoms with E-state index in [-0.39, 0.29) is 30.6 Å². The first-order chi connectivity index (χ1) is 5.65. The van der Waals surface area contributed by atoms with Crippen LogP contribution in [-0.2, 0) is 9.59 Å². The highest BCUT2D eigenvalue weighted by atomic mass is 16.2. The number of hydrogen-bond acceptors (Lipinski definition) is 3. The van der Waals surface area contributed by atoms with Gasteiger partial charge in [0.05, 0.1) is 12.6 Å². The summed E-state index contributed by atoms with van der Waals surface area (Å²) in [6.45, 7) is 1.99. The summed E-state index contributed by atoms with van der Waals surface area (Å²) in [6, 6.07) is 1.75. The van der Waals surface area contributed by atoms with Crippen molar-refractivity contribution < 1.29 is 9.59 Å². The molecule has 0 radical (unpaired) electrons. The Hall–Kier alpha value is -1.37. The molecular formula is C8H10N2O2. The molecule has 0 aromatic heterocycles. The van der Waals surface area contributed by atoms with E-state index in [2.05, 4.69) is 0 Å². The van der Waals surface area contributed by atoms with Crippen molar-refractivity contribution in [2.24, 2.45) is 0 Å². The zero-order valence-electron chi connectivity index (χ0n) is 6.91. The molecule has 0 bridgehead atoms. The zero-order chi connectivity index (χ0) is 9.14. The van der Waals surface area contributed by atoms with Gasteiger partial charge in [-0.2, -0.15) is 5.26 Å². The molecule has 1 amide bonds. The van der Waals surface area contributed by atoms with Crippen molar-refractivity contribution >= 4 is 11.7 Å². The van der Waals surface area contributed by atoms with Gasteiger partial charge in [0, 0.05) is 12.8 Å². The fourth-order valence-electron chi connectivity index (χ4n) is 0.952. The number of amides is 1. The molecule has 0 N–H and O–H groups in total. The summed E-state index contributed by atoms with van der Waals surface area (Å²) in [6.07, 6.45) is 0.529. The first-order valence-corrected chi connectivity index (χ1v) is 3.83. The molecule has 1 aliphatic rings. The minimum Gasteiger partial charge on any atom is -0.322 e. The number of carbonyl (C=O) groups is 2. The maximum absolute atomic E-state index is 11.1. The largest absolute Gasteiger partial charge is 0.322 e. The Kier molecular flexibility index (Phi) is 2.44. The zero-order valence-corrected chi connectivity index (χ0v) is 6.91. The number of nitrogens with zero attached hydrogens (tertiary/aromatic N) is 2. The summed E-state index contributed by atoms with van der Waals surface area (Å²) in [5, 5.41) is 8.39. The van der Waals surface area contributed by atoms with Gasteiger partial charge in [-0.05, 0) is 6.92 Å². The van der Waals surface area contributed by atoms with Gasteiger partial charge in [0.2, 0.25) is 5.91 Å². The fourth-order valence-corrected chi connectivity index (χ4v) is 0.952. The first-order valence-electron chi connectivity index (χ1n) is 3.83. The smallest absolute Gasteiger partial charge is 0.224 e. The van der Waals surface area contributed by atoms with Gasteiger partial charge in [0.15, 0.2) is 0 Å². The number of nitriles is 1. The van der Waals surface area contributed by atoms with E-state index in [0.717, 1.165) is 0 Å². The van der Waals surface area contributed by atoms with Crippen molar-refractivity contribution in [3.05, 3.63) is 0 Å². The Morgan fingerprint density at radius 2 is 2.25 bits per heavy atom. The van der Waals surface area contributed by atoms with Crippen LogP contribution in [0, 0.1) is 11.3 Å². The second-order valence-electron chi connectivity index (χ2n) is 2.89. The molecule has 4 nitrogen and oxygen atoms in total. The lowest BCUT2D eigenvalue weighted by Gasteiger charge is -1.98.